The van der Waals surface area contributed by atoms with Crippen molar-refractivity contribution < 1.29 is 9.67 Å². The molecule has 3 heteroatoms. The molecule has 1 aromatic carbocycles. The van der Waals surface area contributed by atoms with Crippen molar-refractivity contribution in [2.45, 2.75) is 32.7 Å². The van der Waals surface area contributed by atoms with Gasteiger partial charge in [-0.05, 0) is 36.1 Å². The van der Waals surface area contributed by atoms with Gasteiger partial charge in [0.15, 0.2) is 12.4 Å². The van der Waals surface area contributed by atoms with E-state index in [0.717, 1.165) is 49.2 Å². The molecular weight excluding hydrogens is 296 g/mol. The number of nitrogens with one attached hydrogen (secondary N) is 1. The van der Waals surface area contributed by atoms with Gasteiger partial charge in [0.2, 0.25) is 0 Å². The highest BCUT2D eigenvalue weighted by molar-refractivity contribution is 5.69. The minimum Gasteiger partial charge on any atom is -0.508 e. The summed E-state index contributed by atoms with van der Waals surface area (Å²) >= 11 is 0. The standard InChI is InChI=1S/C21H26N2O/c1-3-14-22-18(2)5-4-15-23-16-12-20(13-17-23)7-6-19-8-10-21(24)11-9-19/h6-13,16-17,22H,2-5,14-15H2,1H3/p+1. The monoisotopic (exact) mass is 323 g/mol. The number of phenols is 1. The molecule has 24 heavy (non-hydrogen) atoms. The van der Waals surface area contributed by atoms with Gasteiger partial charge in [-0.2, -0.15) is 0 Å². The zero-order valence-corrected chi connectivity index (χ0v) is 14.4. The predicted octanol–water partition coefficient (Wildman–Crippen LogP) is 4.14. The van der Waals surface area contributed by atoms with Gasteiger partial charge in [-0.25, -0.2) is 4.57 Å². The first kappa shape index (κ1) is 17.8. The van der Waals surface area contributed by atoms with Gasteiger partial charge in [0.1, 0.15) is 12.3 Å². The Morgan fingerprint density at radius 2 is 1.71 bits per heavy atom. The van der Waals surface area contributed by atoms with Crippen molar-refractivity contribution in [2.75, 3.05) is 6.54 Å². The Kier molecular flexibility index (Phi) is 7.09. The molecule has 2 rings (SSSR count). The smallest absolute Gasteiger partial charge is 0.169 e. The molecule has 0 spiro atoms. The van der Waals surface area contributed by atoms with Gasteiger partial charge in [0.25, 0.3) is 0 Å². The average molecular weight is 323 g/mol. The summed E-state index contributed by atoms with van der Waals surface area (Å²) in [6, 6.07) is 11.4. The van der Waals surface area contributed by atoms with Gasteiger partial charge >= 0.3 is 0 Å². The van der Waals surface area contributed by atoms with Gasteiger partial charge in [-0.15, -0.1) is 0 Å². The third kappa shape index (κ3) is 6.29. The summed E-state index contributed by atoms with van der Waals surface area (Å²) in [6.07, 6.45) is 11.6. The van der Waals surface area contributed by atoms with Crippen LogP contribution in [0, 0.1) is 0 Å². The first-order valence-electron chi connectivity index (χ1n) is 8.55. The fraction of sp³-hybridized carbons (Fsp3) is 0.286. The minimum atomic E-state index is 0.292. The molecule has 0 aliphatic carbocycles. The number of aromatic hydroxyl groups is 1. The molecule has 0 fully saturated rings. The number of aryl methyl sites for hydroxylation is 1. The Morgan fingerprint density at radius 3 is 2.33 bits per heavy atom. The van der Waals surface area contributed by atoms with E-state index in [0.29, 0.717) is 5.75 Å². The number of hydrogen-bond acceptors (Lipinski definition) is 2. The van der Waals surface area contributed by atoms with Crippen molar-refractivity contribution in [1.29, 1.82) is 0 Å². The molecule has 0 aliphatic heterocycles. The van der Waals surface area contributed by atoms with Crippen LogP contribution in [0.25, 0.3) is 12.2 Å². The second-order valence-corrected chi connectivity index (χ2v) is 5.93. The number of nitrogens with zero attached hydrogens (tertiary/aromatic N) is 1. The molecule has 1 heterocycles. The van der Waals surface area contributed by atoms with Crippen molar-refractivity contribution in [3.05, 3.63) is 72.2 Å². The van der Waals surface area contributed by atoms with Crippen LogP contribution in [0.2, 0.25) is 0 Å². The number of allylic oxidation sites excluding steroid dienone is 1. The van der Waals surface area contributed by atoms with Crippen molar-refractivity contribution in [3.63, 3.8) is 0 Å². The zero-order chi connectivity index (χ0) is 17.2. The summed E-state index contributed by atoms with van der Waals surface area (Å²) in [6.45, 7) is 8.21. The maximum Gasteiger partial charge on any atom is 0.169 e. The van der Waals surface area contributed by atoms with Crippen LogP contribution in [0.15, 0.2) is 61.1 Å². The normalized spacial score (nSPS) is 10.9. The first-order valence-corrected chi connectivity index (χ1v) is 8.55. The summed E-state index contributed by atoms with van der Waals surface area (Å²) in [5.74, 6) is 0.292. The quantitative estimate of drug-likeness (QED) is 0.680. The number of benzene rings is 1. The molecule has 126 valence electrons. The molecule has 2 N–H and O–H groups in total. The van der Waals surface area contributed by atoms with Crippen LogP contribution >= 0.6 is 0 Å². The van der Waals surface area contributed by atoms with Crippen molar-refractivity contribution in [2.24, 2.45) is 0 Å². The maximum absolute atomic E-state index is 9.28. The average Bonchev–Trinajstić information content (AvgIpc) is 2.60. The molecule has 0 radical (unpaired) electrons. The lowest BCUT2D eigenvalue weighted by Gasteiger charge is -2.06. The molecule has 3 nitrogen and oxygen atoms in total. The molecule has 0 bridgehead atoms. The molecule has 0 amide bonds. The Labute approximate surface area is 145 Å². The molecule has 2 aromatic rings. The second kappa shape index (κ2) is 9.56. The second-order valence-electron chi connectivity index (χ2n) is 5.93. The van der Waals surface area contributed by atoms with Crippen LogP contribution in [-0.2, 0) is 6.54 Å². The first-order chi connectivity index (χ1) is 11.7. The van der Waals surface area contributed by atoms with Crippen molar-refractivity contribution >= 4 is 12.2 Å². The van der Waals surface area contributed by atoms with Crippen molar-refractivity contribution in [3.8, 4) is 5.75 Å². The van der Waals surface area contributed by atoms with Gasteiger partial charge in [-0.1, -0.05) is 37.8 Å². The van der Waals surface area contributed by atoms with Gasteiger partial charge in [0.05, 0.1) is 0 Å². The lowest BCUT2D eigenvalue weighted by Crippen LogP contribution is -2.32. The lowest BCUT2D eigenvalue weighted by molar-refractivity contribution is -0.697. The number of hydrogen-bond donors (Lipinski definition) is 2. The van der Waals surface area contributed by atoms with Crippen LogP contribution in [0.3, 0.4) is 0 Å². The highest BCUT2D eigenvalue weighted by Gasteiger charge is 2.01. The van der Waals surface area contributed by atoms with Crippen LogP contribution in [0.1, 0.15) is 37.3 Å². The predicted molar refractivity (Wildman–Crippen MR) is 100 cm³/mol. The van der Waals surface area contributed by atoms with Crippen LogP contribution in [0.4, 0.5) is 0 Å². The SMILES string of the molecule is C=C(CCC[n+]1ccc(/C=C/c2ccc(O)cc2)cc1)NCCC. The number of rotatable bonds is 9. The van der Waals surface area contributed by atoms with Gasteiger partial charge < -0.3 is 10.4 Å². The summed E-state index contributed by atoms with van der Waals surface area (Å²) < 4.78 is 2.20. The number of aromatic nitrogens is 1. The Balaban J connectivity index is 1.80. The van der Waals surface area contributed by atoms with Crippen molar-refractivity contribution in [1.82, 2.24) is 5.32 Å². The largest absolute Gasteiger partial charge is 0.508 e. The van der Waals surface area contributed by atoms with E-state index in [9.17, 15) is 5.11 Å². The molecular formula is C21H27N2O+. The van der Waals surface area contributed by atoms with E-state index in [1.165, 1.54) is 0 Å². The van der Waals surface area contributed by atoms with E-state index in [1.54, 1.807) is 12.1 Å². The molecule has 0 saturated heterocycles. The van der Waals surface area contributed by atoms with E-state index in [-0.39, 0.29) is 0 Å². The highest BCUT2D eigenvalue weighted by Crippen LogP contribution is 2.12. The molecule has 0 atom stereocenters. The lowest BCUT2D eigenvalue weighted by atomic mass is 10.1. The summed E-state index contributed by atoms with van der Waals surface area (Å²) in [5, 5.41) is 12.6. The molecule has 0 aliphatic rings. The third-order valence-corrected chi connectivity index (χ3v) is 3.80. The van der Waals surface area contributed by atoms with E-state index in [2.05, 4.69) is 54.0 Å². The Bertz CT molecular complexity index is 657. The Morgan fingerprint density at radius 1 is 1.08 bits per heavy atom. The number of phenolic OH excluding ortho intramolecular Hbond substituents is 1. The topological polar surface area (TPSA) is 36.1 Å². The van der Waals surface area contributed by atoms with Gasteiger partial charge in [0, 0.05) is 30.8 Å². The van der Waals surface area contributed by atoms with E-state index >= 15 is 0 Å². The number of pyridine rings is 1. The van der Waals surface area contributed by atoms with E-state index in [4.69, 9.17) is 0 Å². The molecule has 1 aromatic heterocycles. The zero-order valence-electron chi connectivity index (χ0n) is 14.4. The molecule has 0 saturated carbocycles. The fourth-order valence-electron chi connectivity index (χ4n) is 2.37. The summed E-state index contributed by atoms with van der Waals surface area (Å²) in [7, 11) is 0. The highest BCUT2D eigenvalue weighted by atomic mass is 16.3. The van der Waals surface area contributed by atoms with Crippen LogP contribution in [-0.4, -0.2) is 11.7 Å². The van der Waals surface area contributed by atoms with Crippen LogP contribution < -0.4 is 9.88 Å². The summed E-state index contributed by atoms with van der Waals surface area (Å²) in [5.41, 5.74) is 3.36. The molecule has 0 unspecified atom stereocenters. The minimum absolute atomic E-state index is 0.292. The van der Waals surface area contributed by atoms with Gasteiger partial charge in [-0.3, -0.25) is 0 Å². The van der Waals surface area contributed by atoms with E-state index in [1.807, 2.05) is 18.2 Å². The fourth-order valence-corrected chi connectivity index (χ4v) is 2.37. The summed E-state index contributed by atoms with van der Waals surface area (Å²) in [4.78, 5) is 0. The van der Waals surface area contributed by atoms with E-state index < -0.39 is 0 Å². The Hall–Kier alpha value is -2.55. The van der Waals surface area contributed by atoms with Crippen LogP contribution in [0.5, 0.6) is 5.75 Å². The third-order valence-electron chi connectivity index (χ3n) is 3.80. The maximum atomic E-state index is 9.28.